The lowest BCUT2D eigenvalue weighted by molar-refractivity contribution is 0.293. The minimum absolute atomic E-state index is 0.284. The number of rotatable bonds is 6. The van der Waals surface area contributed by atoms with Crippen molar-refractivity contribution in [2.24, 2.45) is 5.73 Å². The van der Waals surface area contributed by atoms with Crippen molar-refractivity contribution in [3.63, 3.8) is 0 Å². The van der Waals surface area contributed by atoms with Crippen LogP contribution in [0.1, 0.15) is 50.5 Å². The summed E-state index contributed by atoms with van der Waals surface area (Å²) < 4.78 is 20.9. The summed E-state index contributed by atoms with van der Waals surface area (Å²) in [6.07, 6.45) is 2.97. The fraction of sp³-hybridized carbons (Fsp3) is 0.438. The Morgan fingerprint density at radius 2 is 2.10 bits per heavy atom. The van der Waals surface area contributed by atoms with Crippen molar-refractivity contribution in [1.29, 1.82) is 0 Å². The van der Waals surface area contributed by atoms with Crippen LogP contribution < -0.4 is 10.5 Å². The fourth-order valence-corrected chi connectivity index (χ4v) is 2.05. The topological polar surface area (TPSA) is 53.1 Å². The molecule has 0 aliphatic heterocycles. The predicted molar refractivity (Wildman–Crippen MR) is 80.6 cm³/mol. The first-order valence-corrected chi connectivity index (χ1v) is 7.23. The van der Waals surface area contributed by atoms with Crippen LogP contribution in [0.5, 0.6) is 5.75 Å². The third-order valence-electron chi connectivity index (χ3n) is 3.54. The lowest BCUT2D eigenvalue weighted by Gasteiger charge is -2.13. The summed E-state index contributed by atoms with van der Waals surface area (Å²) in [5.41, 5.74) is 7.35. The van der Waals surface area contributed by atoms with Crippen molar-refractivity contribution in [2.75, 3.05) is 0 Å². The van der Waals surface area contributed by atoms with Gasteiger partial charge in [0.05, 0.1) is 5.69 Å². The third kappa shape index (κ3) is 3.82. The van der Waals surface area contributed by atoms with Crippen LogP contribution in [0.4, 0.5) is 4.39 Å². The zero-order chi connectivity index (χ0) is 15.4. The molecular formula is C16H22FN3O. The van der Waals surface area contributed by atoms with Gasteiger partial charge in [0.2, 0.25) is 0 Å². The molecule has 0 saturated carbocycles. The van der Waals surface area contributed by atoms with E-state index < -0.39 is 0 Å². The van der Waals surface area contributed by atoms with Crippen LogP contribution in [-0.2, 0) is 6.61 Å². The zero-order valence-electron chi connectivity index (χ0n) is 12.7. The van der Waals surface area contributed by atoms with Gasteiger partial charge in [-0.25, -0.2) is 4.39 Å². The summed E-state index contributed by atoms with van der Waals surface area (Å²) >= 11 is 0. The minimum atomic E-state index is -0.310. The summed E-state index contributed by atoms with van der Waals surface area (Å²) in [6.45, 7) is 6.38. The molecule has 2 rings (SSSR count). The van der Waals surface area contributed by atoms with Gasteiger partial charge >= 0.3 is 0 Å². The van der Waals surface area contributed by atoms with Crippen molar-refractivity contribution in [1.82, 2.24) is 9.78 Å². The van der Waals surface area contributed by atoms with Crippen LogP contribution >= 0.6 is 0 Å². The second-order valence-corrected chi connectivity index (χ2v) is 5.30. The van der Waals surface area contributed by atoms with Gasteiger partial charge in [-0.2, -0.15) is 5.10 Å². The molecule has 21 heavy (non-hydrogen) atoms. The summed E-state index contributed by atoms with van der Waals surface area (Å²) in [5, 5.41) is 4.47. The van der Waals surface area contributed by atoms with E-state index in [9.17, 15) is 4.39 Å². The molecule has 0 spiro atoms. The van der Waals surface area contributed by atoms with Gasteiger partial charge in [0.15, 0.2) is 0 Å². The van der Waals surface area contributed by atoms with Crippen LogP contribution in [-0.4, -0.2) is 9.78 Å². The molecule has 5 heteroatoms. The highest BCUT2D eigenvalue weighted by molar-refractivity contribution is 5.36. The Morgan fingerprint density at radius 3 is 2.76 bits per heavy atom. The molecule has 2 atom stereocenters. The smallest absolute Gasteiger partial charge is 0.132 e. The largest absolute Gasteiger partial charge is 0.487 e. The Kier molecular flexibility index (Phi) is 4.96. The number of hydrogen-bond acceptors (Lipinski definition) is 3. The number of hydrogen-bond donors (Lipinski definition) is 1. The number of halogens is 1. The highest BCUT2D eigenvalue weighted by Gasteiger charge is 2.11. The van der Waals surface area contributed by atoms with Crippen LogP contribution in [0.15, 0.2) is 30.5 Å². The Morgan fingerprint density at radius 1 is 1.33 bits per heavy atom. The first-order chi connectivity index (χ1) is 10.0. The molecule has 0 saturated heterocycles. The van der Waals surface area contributed by atoms with Gasteiger partial charge in [-0.3, -0.25) is 4.68 Å². The summed E-state index contributed by atoms with van der Waals surface area (Å²) in [4.78, 5) is 0. The lowest BCUT2D eigenvalue weighted by Crippen LogP contribution is -2.09. The Balaban J connectivity index is 2.08. The van der Waals surface area contributed by atoms with E-state index in [1.54, 1.807) is 13.0 Å². The van der Waals surface area contributed by atoms with Crippen molar-refractivity contribution < 1.29 is 9.13 Å². The molecule has 0 bridgehead atoms. The van der Waals surface area contributed by atoms with Gasteiger partial charge in [-0.05, 0) is 44.5 Å². The Labute approximate surface area is 124 Å². The molecule has 0 aliphatic rings. The zero-order valence-corrected chi connectivity index (χ0v) is 12.7. The molecule has 114 valence electrons. The molecular weight excluding hydrogens is 269 g/mol. The second-order valence-electron chi connectivity index (χ2n) is 5.30. The molecule has 2 N–H and O–H groups in total. The number of benzene rings is 1. The van der Waals surface area contributed by atoms with Crippen molar-refractivity contribution in [3.8, 4) is 5.75 Å². The number of nitrogens with zero attached hydrogens (tertiary/aromatic N) is 2. The van der Waals surface area contributed by atoms with Gasteiger partial charge < -0.3 is 10.5 Å². The summed E-state index contributed by atoms with van der Waals surface area (Å²) in [7, 11) is 0. The number of aromatic nitrogens is 2. The van der Waals surface area contributed by atoms with E-state index in [2.05, 4.69) is 18.9 Å². The molecule has 0 radical (unpaired) electrons. The SMILES string of the molecule is CCC(C)n1ccc(COc2ccc(F)cc2C(C)N)n1. The quantitative estimate of drug-likeness (QED) is 0.885. The standard InChI is InChI=1S/C16H22FN3O/c1-4-11(2)20-8-7-14(19-20)10-21-16-6-5-13(17)9-15(16)12(3)18/h5-9,11-12H,4,10,18H2,1-3H3. The maximum Gasteiger partial charge on any atom is 0.132 e. The van der Waals surface area contributed by atoms with E-state index in [0.717, 1.165) is 12.1 Å². The minimum Gasteiger partial charge on any atom is -0.487 e. The van der Waals surface area contributed by atoms with Crippen LogP contribution in [0.2, 0.25) is 0 Å². The van der Waals surface area contributed by atoms with E-state index in [-0.39, 0.29) is 11.9 Å². The molecule has 0 amide bonds. The lowest BCUT2D eigenvalue weighted by atomic mass is 10.1. The number of ether oxygens (including phenoxy) is 1. The average Bonchev–Trinajstić information content (AvgIpc) is 2.93. The average molecular weight is 291 g/mol. The first-order valence-electron chi connectivity index (χ1n) is 7.23. The molecule has 1 aromatic carbocycles. The summed E-state index contributed by atoms with van der Waals surface area (Å²) in [6, 6.07) is 6.41. The normalized spacial score (nSPS) is 14.0. The Hall–Kier alpha value is -1.88. The highest BCUT2D eigenvalue weighted by atomic mass is 19.1. The van der Waals surface area contributed by atoms with Gasteiger partial charge in [0, 0.05) is 23.8 Å². The van der Waals surface area contributed by atoms with E-state index >= 15 is 0 Å². The maximum absolute atomic E-state index is 13.3. The second kappa shape index (κ2) is 6.72. The van der Waals surface area contributed by atoms with Crippen molar-refractivity contribution >= 4 is 0 Å². The third-order valence-corrected chi connectivity index (χ3v) is 3.54. The fourth-order valence-electron chi connectivity index (χ4n) is 2.05. The Bertz CT molecular complexity index is 595. The molecule has 0 fully saturated rings. The first kappa shape index (κ1) is 15.5. The molecule has 0 aliphatic carbocycles. The van der Waals surface area contributed by atoms with E-state index in [1.807, 2.05) is 16.9 Å². The van der Waals surface area contributed by atoms with Gasteiger partial charge in [0.25, 0.3) is 0 Å². The molecule has 4 nitrogen and oxygen atoms in total. The van der Waals surface area contributed by atoms with E-state index in [1.165, 1.54) is 12.1 Å². The van der Waals surface area contributed by atoms with Gasteiger partial charge in [-0.15, -0.1) is 0 Å². The van der Waals surface area contributed by atoms with Crippen molar-refractivity contribution in [3.05, 3.63) is 47.5 Å². The molecule has 1 heterocycles. The number of nitrogens with two attached hydrogens (primary N) is 1. The van der Waals surface area contributed by atoms with E-state index in [4.69, 9.17) is 10.5 Å². The van der Waals surface area contributed by atoms with Crippen LogP contribution in [0, 0.1) is 5.82 Å². The maximum atomic E-state index is 13.3. The monoisotopic (exact) mass is 291 g/mol. The van der Waals surface area contributed by atoms with E-state index in [0.29, 0.717) is 24.0 Å². The highest BCUT2D eigenvalue weighted by Crippen LogP contribution is 2.25. The van der Waals surface area contributed by atoms with Crippen LogP contribution in [0.25, 0.3) is 0 Å². The summed E-state index contributed by atoms with van der Waals surface area (Å²) in [5.74, 6) is 0.292. The van der Waals surface area contributed by atoms with Crippen molar-refractivity contribution in [2.45, 2.75) is 45.9 Å². The predicted octanol–water partition coefficient (Wildman–Crippen LogP) is 3.59. The molecule has 2 aromatic rings. The van der Waals surface area contributed by atoms with Crippen LogP contribution in [0.3, 0.4) is 0 Å². The molecule has 1 aromatic heterocycles. The van der Waals surface area contributed by atoms with Gasteiger partial charge in [0.1, 0.15) is 18.2 Å². The molecule has 2 unspecified atom stereocenters. The van der Waals surface area contributed by atoms with Gasteiger partial charge in [-0.1, -0.05) is 6.92 Å².